The van der Waals surface area contributed by atoms with E-state index >= 15 is 0 Å². The zero-order valence-corrected chi connectivity index (χ0v) is 18.4. The first-order valence-electron chi connectivity index (χ1n) is 10.2. The molecule has 3 aromatic carbocycles. The summed E-state index contributed by atoms with van der Waals surface area (Å²) in [5, 5.41) is 4.52. The van der Waals surface area contributed by atoms with E-state index in [4.69, 9.17) is 14.5 Å². The molecule has 0 atom stereocenters. The first-order chi connectivity index (χ1) is 14.7. The van der Waals surface area contributed by atoms with Crippen molar-refractivity contribution in [2.45, 2.75) is 26.8 Å². The highest BCUT2D eigenvalue weighted by Gasteiger charge is 2.08. The molecule has 154 valence electrons. The lowest BCUT2D eigenvalue weighted by Gasteiger charge is -2.12. The molecule has 30 heavy (non-hydrogen) atoms. The van der Waals surface area contributed by atoms with Crippen LogP contribution in [0.2, 0.25) is 0 Å². The third-order valence-corrected chi connectivity index (χ3v) is 5.93. The van der Waals surface area contributed by atoms with Gasteiger partial charge in [-0.15, -0.1) is 11.3 Å². The monoisotopic (exact) mass is 418 g/mol. The van der Waals surface area contributed by atoms with Gasteiger partial charge in [-0.25, -0.2) is 4.98 Å². The maximum atomic E-state index is 5.73. The van der Waals surface area contributed by atoms with Crippen molar-refractivity contribution in [1.82, 2.24) is 4.98 Å². The van der Waals surface area contributed by atoms with Crippen LogP contribution in [0.3, 0.4) is 0 Å². The molecule has 0 radical (unpaired) electrons. The molecule has 0 saturated carbocycles. The van der Waals surface area contributed by atoms with Gasteiger partial charge in [0.1, 0.15) is 5.01 Å². The first kappa shape index (κ1) is 20.2. The van der Waals surface area contributed by atoms with Crippen LogP contribution < -0.4 is 14.8 Å². The predicted molar refractivity (Wildman–Crippen MR) is 126 cm³/mol. The van der Waals surface area contributed by atoms with E-state index in [-0.39, 0.29) is 0 Å². The summed E-state index contributed by atoms with van der Waals surface area (Å²) in [5.41, 5.74) is 5.67. The number of ether oxygens (including phenoxy) is 2. The first-order valence-corrected chi connectivity index (χ1v) is 11.0. The van der Waals surface area contributed by atoms with E-state index < -0.39 is 0 Å². The topological polar surface area (TPSA) is 43.4 Å². The Bertz CT molecular complexity index is 1140. The summed E-state index contributed by atoms with van der Waals surface area (Å²) in [5.74, 6) is 1.56. The Morgan fingerprint density at radius 3 is 2.57 bits per heavy atom. The minimum atomic E-state index is 0.689. The Hall–Kier alpha value is -3.05. The lowest BCUT2D eigenvalue weighted by Crippen LogP contribution is -2.02. The maximum Gasteiger partial charge on any atom is 0.161 e. The van der Waals surface area contributed by atoms with Gasteiger partial charge < -0.3 is 14.8 Å². The summed E-state index contributed by atoms with van der Waals surface area (Å²) in [7, 11) is 1.67. The highest BCUT2D eigenvalue weighted by Crippen LogP contribution is 2.32. The summed E-state index contributed by atoms with van der Waals surface area (Å²) >= 11 is 1.73. The fraction of sp³-hybridized carbons (Fsp3) is 0.240. The quantitative estimate of drug-likeness (QED) is 0.346. The van der Waals surface area contributed by atoms with Crippen LogP contribution in [0.5, 0.6) is 11.5 Å². The third-order valence-electron chi connectivity index (χ3n) is 4.86. The van der Waals surface area contributed by atoms with Crippen LogP contribution in [-0.2, 0) is 6.54 Å². The average Bonchev–Trinajstić information content (AvgIpc) is 3.20. The third kappa shape index (κ3) is 4.57. The van der Waals surface area contributed by atoms with E-state index in [9.17, 15) is 0 Å². The van der Waals surface area contributed by atoms with E-state index in [1.165, 1.54) is 10.3 Å². The fourth-order valence-corrected chi connectivity index (χ4v) is 4.31. The largest absolute Gasteiger partial charge is 0.493 e. The molecule has 0 spiro atoms. The Morgan fingerprint density at radius 2 is 1.80 bits per heavy atom. The fourth-order valence-electron chi connectivity index (χ4n) is 3.24. The number of nitrogens with one attached hydrogen (secondary N) is 1. The SMILES string of the molecule is CCCOc1ccc(CNc2ccc(-c3nc4ccc(C)cc4s3)cc2)cc1OC. The van der Waals surface area contributed by atoms with Gasteiger partial charge in [-0.3, -0.25) is 0 Å². The van der Waals surface area contributed by atoms with E-state index in [0.29, 0.717) is 13.2 Å². The normalized spacial score (nSPS) is 10.9. The van der Waals surface area contributed by atoms with Crippen molar-refractivity contribution in [2.24, 2.45) is 0 Å². The molecule has 0 amide bonds. The molecule has 0 unspecified atom stereocenters. The van der Waals surface area contributed by atoms with Crippen LogP contribution in [-0.4, -0.2) is 18.7 Å². The van der Waals surface area contributed by atoms with Crippen molar-refractivity contribution in [3.05, 3.63) is 71.8 Å². The highest BCUT2D eigenvalue weighted by molar-refractivity contribution is 7.21. The lowest BCUT2D eigenvalue weighted by molar-refractivity contribution is 0.294. The number of methoxy groups -OCH3 is 1. The molecule has 0 aliphatic carbocycles. The van der Waals surface area contributed by atoms with Crippen LogP contribution in [0.15, 0.2) is 60.7 Å². The minimum Gasteiger partial charge on any atom is -0.493 e. The van der Waals surface area contributed by atoms with Gasteiger partial charge in [-0.2, -0.15) is 0 Å². The number of hydrogen-bond acceptors (Lipinski definition) is 5. The Morgan fingerprint density at radius 1 is 0.967 bits per heavy atom. The van der Waals surface area contributed by atoms with Gasteiger partial charge >= 0.3 is 0 Å². The van der Waals surface area contributed by atoms with Gasteiger partial charge in [0.25, 0.3) is 0 Å². The van der Waals surface area contributed by atoms with Crippen molar-refractivity contribution in [2.75, 3.05) is 19.0 Å². The number of nitrogens with zero attached hydrogens (tertiary/aromatic N) is 1. The second kappa shape index (κ2) is 9.18. The number of thiazole rings is 1. The van der Waals surface area contributed by atoms with Crippen molar-refractivity contribution >= 4 is 27.2 Å². The van der Waals surface area contributed by atoms with Crippen LogP contribution in [0.1, 0.15) is 24.5 Å². The standard InChI is InChI=1S/C25H26N2O2S/c1-4-13-29-22-12-6-18(15-23(22)28-3)16-26-20-9-7-19(8-10-20)25-27-21-11-5-17(2)14-24(21)30-25/h5-12,14-15,26H,4,13,16H2,1-3H3. The minimum absolute atomic E-state index is 0.689. The molecular formula is C25H26N2O2S. The molecule has 0 aliphatic rings. The summed E-state index contributed by atoms with van der Waals surface area (Å²) in [6.45, 7) is 5.60. The molecule has 4 rings (SSSR count). The highest BCUT2D eigenvalue weighted by atomic mass is 32.1. The number of rotatable bonds is 8. The van der Waals surface area contributed by atoms with E-state index in [1.54, 1.807) is 18.4 Å². The lowest BCUT2D eigenvalue weighted by atomic mass is 10.1. The summed E-state index contributed by atoms with van der Waals surface area (Å²) in [6, 6.07) is 20.9. The number of benzene rings is 3. The van der Waals surface area contributed by atoms with Gasteiger partial charge in [-0.1, -0.05) is 19.1 Å². The van der Waals surface area contributed by atoms with Crippen molar-refractivity contribution in [3.8, 4) is 22.1 Å². The number of anilines is 1. The Balaban J connectivity index is 1.43. The molecule has 0 fully saturated rings. The van der Waals surface area contributed by atoms with Crippen molar-refractivity contribution < 1.29 is 9.47 Å². The van der Waals surface area contributed by atoms with Gasteiger partial charge in [0.15, 0.2) is 11.5 Å². The smallest absolute Gasteiger partial charge is 0.161 e. The molecular weight excluding hydrogens is 392 g/mol. The van der Waals surface area contributed by atoms with E-state index in [0.717, 1.165) is 45.3 Å². The molecule has 4 aromatic rings. The van der Waals surface area contributed by atoms with Gasteiger partial charge in [0.05, 0.1) is 23.9 Å². The van der Waals surface area contributed by atoms with E-state index in [2.05, 4.69) is 67.7 Å². The number of fused-ring (bicyclic) bond motifs is 1. The zero-order chi connectivity index (χ0) is 20.9. The van der Waals surface area contributed by atoms with Crippen molar-refractivity contribution in [3.63, 3.8) is 0 Å². The average molecular weight is 419 g/mol. The van der Waals surface area contributed by atoms with Crippen LogP contribution >= 0.6 is 11.3 Å². The van der Waals surface area contributed by atoms with Gasteiger partial charge in [0, 0.05) is 17.8 Å². The maximum absolute atomic E-state index is 5.73. The molecule has 4 nitrogen and oxygen atoms in total. The predicted octanol–water partition coefficient (Wildman–Crippen LogP) is 6.68. The molecule has 5 heteroatoms. The molecule has 1 N–H and O–H groups in total. The van der Waals surface area contributed by atoms with E-state index in [1.807, 2.05) is 12.1 Å². The van der Waals surface area contributed by atoms with Gasteiger partial charge in [-0.05, 0) is 73.0 Å². The number of aryl methyl sites for hydroxylation is 1. The number of hydrogen-bond donors (Lipinski definition) is 1. The molecule has 0 bridgehead atoms. The van der Waals surface area contributed by atoms with Crippen LogP contribution in [0.4, 0.5) is 5.69 Å². The Kier molecular flexibility index (Phi) is 6.19. The summed E-state index contributed by atoms with van der Waals surface area (Å²) < 4.78 is 12.4. The molecule has 1 aromatic heterocycles. The summed E-state index contributed by atoms with van der Waals surface area (Å²) in [4.78, 5) is 4.77. The van der Waals surface area contributed by atoms with Crippen LogP contribution in [0, 0.1) is 6.92 Å². The second-order valence-electron chi connectivity index (χ2n) is 7.25. The van der Waals surface area contributed by atoms with Crippen molar-refractivity contribution in [1.29, 1.82) is 0 Å². The molecule has 0 aliphatic heterocycles. The molecule has 0 saturated heterocycles. The Labute approximate surface area is 181 Å². The van der Waals surface area contributed by atoms with Gasteiger partial charge in [0.2, 0.25) is 0 Å². The summed E-state index contributed by atoms with van der Waals surface area (Å²) in [6.07, 6.45) is 0.971. The number of aromatic nitrogens is 1. The molecule has 1 heterocycles. The second-order valence-corrected chi connectivity index (χ2v) is 8.29. The zero-order valence-electron chi connectivity index (χ0n) is 17.6. The van der Waals surface area contributed by atoms with Crippen LogP contribution in [0.25, 0.3) is 20.8 Å².